The number of anilines is 1. The van der Waals surface area contributed by atoms with Gasteiger partial charge >= 0.3 is 6.03 Å². The molecule has 2 fully saturated rings. The molecule has 0 radical (unpaired) electrons. The van der Waals surface area contributed by atoms with Crippen molar-refractivity contribution in [2.24, 2.45) is 0 Å². The molecule has 1 unspecified atom stereocenters. The lowest BCUT2D eigenvalue weighted by molar-refractivity contribution is 0.0793. The van der Waals surface area contributed by atoms with Gasteiger partial charge in [-0.05, 0) is 61.6 Å². The van der Waals surface area contributed by atoms with E-state index < -0.39 is 0 Å². The van der Waals surface area contributed by atoms with Crippen molar-refractivity contribution < 1.29 is 9.59 Å². The third kappa shape index (κ3) is 3.99. The maximum absolute atomic E-state index is 12.9. The lowest BCUT2D eigenvalue weighted by Gasteiger charge is -2.25. The molecule has 0 bridgehead atoms. The third-order valence-electron chi connectivity index (χ3n) is 5.50. The van der Waals surface area contributed by atoms with Crippen LogP contribution in [-0.2, 0) is 0 Å². The summed E-state index contributed by atoms with van der Waals surface area (Å²) in [6.07, 6.45) is 3.99. The molecule has 2 aromatic rings. The molecule has 2 aliphatic rings. The fourth-order valence-electron chi connectivity index (χ4n) is 4.10. The zero-order chi connectivity index (χ0) is 19.5. The Morgan fingerprint density at radius 2 is 1.75 bits per heavy atom. The van der Waals surface area contributed by atoms with Crippen LogP contribution in [0.25, 0.3) is 0 Å². The summed E-state index contributed by atoms with van der Waals surface area (Å²) in [7, 11) is 0. The Kier molecular flexibility index (Phi) is 5.53. The molecule has 1 atom stereocenters. The van der Waals surface area contributed by atoms with E-state index in [4.69, 9.17) is 11.6 Å². The van der Waals surface area contributed by atoms with Gasteiger partial charge in [-0.15, -0.1) is 0 Å². The molecule has 2 heterocycles. The van der Waals surface area contributed by atoms with Crippen molar-refractivity contribution in [2.45, 2.75) is 31.7 Å². The number of rotatable bonds is 3. The predicted molar refractivity (Wildman–Crippen MR) is 111 cm³/mol. The number of carbonyl (C=O) groups excluding carboxylic acids is 2. The minimum Gasteiger partial charge on any atom is -0.339 e. The quantitative estimate of drug-likeness (QED) is 0.797. The Balaban J connectivity index is 1.47. The minimum absolute atomic E-state index is 0.0214. The molecule has 4 rings (SSSR count). The summed E-state index contributed by atoms with van der Waals surface area (Å²) in [5.41, 5.74) is 2.32. The molecule has 6 heteroatoms. The van der Waals surface area contributed by atoms with Crippen LogP contribution in [-0.4, -0.2) is 41.4 Å². The lowest BCUT2D eigenvalue weighted by atomic mass is 10.0. The van der Waals surface area contributed by atoms with Gasteiger partial charge in [0.05, 0.1) is 6.04 Å². The summed E-state index contributed by atoms with van der Waals surface area (Å²) < 4.78 is 0. The summed E-state index contributed by atoms with van der Waals surface area (Å²) >= 11 is 6.13. The Bertz CT molecular complexity index is 880. The Hall–Kier alpha value is -2.53. The van der Waals surface area contributed by atoms with E-state index >= 15 is 0 Å². The molecule has 5 nitrogen and oxygen atoms in total. The van der Waals surface area contributed by atoms with Crippen molar-refractivity contribution in [1.82, 2.24) is 9.80 Å². The largest absolute Gasteiger partial charge is 0.339 e. The summed E-state index contributed by atoms with van der Waals surface area (Å²) in [4.78, 5) is 29.2. The van der Waals surface area contributed by atoms with Crippen molar-refractivity contribution >= 4 is 29.2 Å². The molecule has 2 aliphatic heterocycles. The van der Waals surface area contributed by atoms with Gasteiger partial charge in [0.1, 0.15) is 0 Å². The fourth-order valence-corrected chi connectivity index (χ4v) is 4.30. The molecule has 0 saturated carbocycles. The second kappa shape index (κ2) is 8.23. The summed E-state index contributed by atoms with van der Waals surface area (Å²) in [6.45, 7) is 2.32. The first-order valence-corrected chi connectivity index (χ1v) is 10.2. The average molecular weight is 398 g/mol. The van der Waals surface area contributed by atoms with E-state index in [9.17, 15) is 9.59 Å². The number of halogens is 1. The van der Waals surface area contributed by atoms with Gasteiger partial charge in [0, 0.05) is 35.9 Å². The van der Waals surface area contributed by atoms with E-state index in [1.54, 1.807) is 12.1 Å². The fraction of sp³-hybridized carbons (Fsp3) is 0.364. The van der Waals surface area contributed by atoms with Gasteiger partial charge in [-0.1, -0.05) is 29.8 Å². The molecule has 28 heavy (non-hydrogen) atoms. The molecule has 0 spiro atoms. The van der Waals surface area contributed by atoms with Gasteiger partial charge in [-0.25, -0.2) is 4.79 Å². The van der Waals surface area contributed by atoms with Crippen molar-refractivity contribution in [3.8, 4) is 0 Å². The highest BCUT2D eigenvalue weighted by atomic mass is 35.5. The Morgan fingerprint density at radius 3 is 2.54 bits per heavy atom. The van der Waals surface area contributed by atoms with Crippen LogP contribution in [0.15, 0.2) is 48.5 Å². The van der Waals surface area contributed by atoms with Gasteiger partial charge in [-0.3, -0.25) is 4.79 Å². The van der Waals surface area contributed by atoms with Gasteiger partial charge < -0.3 is 15.1 Å². The first kappa shape index (κ1) is 18.8. The van der Waals surface area contributed by atoms with Gasteiger partial charge in [0.15, 0.2) is 0 Å². The summed E-state index contributed by atoms with van der Waals surface area (Å²) in [5.74, 6) is 0.0339. The second-order valence-corrected chi connectivity index (χ2v) is 7.85. The first-order valence-electron chi connectivity index (χ1n) is 9.84. The topological polar surface area (TPSA) is 52.7 Å². The standard InChI is InChI=1S/C22H24ClN3O2/c23-18-8-3-6-16(14-18)20-10-5-13-26(20)22(28)24-19-9-4-7-17(15-19)21(27)25-11-1-2-12-25/h3-4,6-9,14-15,20H,1-2,5,10-13H2,(H,24,28). The van der Waals surface area contributed by atoms with Crippen LogP contribution >= 0.6 is 11.6 Å². The molecular weight excluding hydrogens is 374 g/mol. The molecule has 0 aliphatic carbocycles. The van der Waals surface area contributed by atoms with E-state index in [1.165, 1.54) is 0 Å². The number of carbonyl (C=O) groups is 2. The average Bonchev–Trinajstić information content (AvgIpc) is 3.39. The Labute approximate surface area is 170 Å². The van der Waals surface area contributed by atoms with Crippen molar-refractivity contribution in [2.75, 3.05) is 25.0 Å². The summed E-state index contributed by atoms with van der Waals surface area (Å²) in [6, 6.07) is 14.8. The zero-order valence-electron chi connectivity index (χ0n) is 15.7. The number of nitrogens with one attached hydrogen (secondary N) is 1. The maximum atomic E-state index is 12.9. The van der Waals surface area contributed by atoms with Crippen LogP contribution in [0.4, 0.5) is 10.5 Å². The number of benzene rings is 2. The number of likely N-dealkylation sites (tertiary alicyclic amines) is 2. The zero-order valence-corrected chi connectivity index (χ0v) is 16.5. The molecule has 146 valence electrons. The second-order valence-electron chi connectivity index (χ2n) is 7.42. The van der Waals surface area contributed by atoms with Crippen LogP contribution < -0.4 is 5.32 Å². The van der Waals surface area contributed by atoms with E-state index in [1.807, 2.05) is 46.2 Å². The number of amides is 3. The molecule has 0 aromatic heterocycles. The number of urea groups is 1. The van der Waals surface area contributed by atoms with E-state index in [0.717, 1.165) is 44.3 Å². The molecular formula is C22H24ClN3O2. The van der Waals surface area contributed by atoms with Crippen molar-refractivity contribution in [1.29, 1.82) is 0 Å². The molecule has 2 aromatic carbocycles. The van der Waals surface area contributed by atoms with Crippen molar-refractivity contribution in [3.63, 3.8) is 0 Å². The maximum Gasteiger partial charge on any atom is 0.322 e. The van der Waals surface area contributed by atoms with Crippen LogP contribution in [0.1, 0.15) is 47.6 Å². The van der Waals surface area contributed by atoms with Crippen LogP contribution in [0.3, 0.4) is 0 Å². The smallest absolute Gasteiger partial charge is 0.322 e. The van der Waals surface area contributed by atoms with Crippen LogP contribution in [0, 0.1) is 0 Å². The molecule has 1 N–H and O–H groups in total. The minimum atomic E-state index is -0.145. The SMILES string of the molecule is O=C(c1cccc(NC(=O)N2CCCC2c2cccc(Cl)c2)c1)N1CCCC1. The Morgan fingerprint density at radius 1 is 0.964 bits per heavy atom. The van der Waals surface area contributed by atoms with E-state index in [2.05, 4.69) is 5.32 Å². The van der Waals surface area contributed by atoms with Gasteiger partial charge in [0.25, 0.3) is 5.91 Å². The van der Waals surface area contributed by atoms with Crippen LogP contribution in [0.5, 0.6) is 0 Å². The number of hydrogen-bond donors (Lipinski definition) is 1. The van der Waals surface area contributed by atoms with Gasteiger partial charge in [0.2, 0.25) is 0 Å². The molecule has 3 amide bonds. The van der Waals surface area contributed by atoms with E-state index in [0.29, 0.717) is 22.8 Å². The van der Waals surface area contributed by atoms with Gasteiger partial charge in [-0.2, -0.15) is 0 Å². The van der Waals surface area contributed by atoms with E-state index in [-0.39, 0.29) is 18.0 Å². The third-order valence-corrected chi connectivity index (χ3v) is 5.74. The summed E-state index contributed by atoms with van der Waals surface area (Å²) in [5, 5.41) is 3.65. The highest BCUT2D eigenvalue weighted by Crippen LogP contribution is 2.33. The highest BCUT2D eigenvalue weighted by molar-refractivity contribution is 6.30. The first-order chi connectivity index (χ1) is 13.6. The van der Waals surface area contributed by atoms with Crippen molar-refractivity contribution in [3.05, 3.63) is 64.7 Å². The number of hydrogen-bond acceptors (Lipinski definition) is 2. The highest BCUT2D eigenvalue weighted by Gasteiger charge is 2.30. The predicted octanol–water partition coefficient (Wildman–Crippen LogP) is 4.95. The van der Waals surface area contributed by atoms with Crippen LogP contribution in [0.2, 0.25) is 5.02 Å². The molecule has 2 saturated heterocycles. The normalized spacial score (nSPS) is 19.1. The lowest BCUT2D eigenvalue weighted by Crippen LogP contribution is -2.34. The monoisotopic (exact) mass is 397 g/mol. The number of nitrogens with zero attached hydrogens (tertiary/aromatic N) is 2.